The number of aliphatic hydroxyl groups is 1. The number of aliphatic hydroxyl groups excluding tert-OH is 1. The number of rotatable bonds is 2. The van der Waals surface area contributed by atoms with E-state index in [4.69, 9.17) is 39.9 Å². The molecule has 54 valence electrons. The summed E-state index contributed by atoms with van der Waals surface area (Å²) >= 11 is 15.8. The van der Waals surface area contributed by atoms with Crippen LogP contribution in [-0.4, -0.2) is 28.3 Å². The third-order valence-corrected chi connectivity index (χ3v) is 1.44. The molecular weight excluding hydrogens is 184 g/mol. The van der Waals surface area contributed by atoms with Crippen LogP contribution in [0.2, 0.25) is 0 Å². The molecule has 0 aliphatic rings. The minimum absolute atomic E-state index is 0.0382. The maximum atomic E-state index is 8.86. The Morgan fingerprint density at radius 3 is 2.11 bits per heavy atom. The zero-order valence-electron chi connectivity index (χ0n) is 4.52. The molecule has 0 aliphatic heterocycles. The fraction of sp³-hybridized carbons (Fsp3) is 0.750. The first-order valence-electron chi connectivity index (χ1n) is 2.15. The lowest BCUT2D eigenvalue weighted by Crippen LogP contribution is -2.27. The highest BCUT2D eigenvalue weighted by Gasteiger charge is 2.29. The number of nitrogens with zero attached hydrogens (tertiary/aromatic N) is 1. The van der Waals surface area contributed by atoms with Crippen molar-refractivity contribution in [3.8, 4) is 0 Å². The molecular formula is C4H6Cl3NO. The molecule has 0 aromatic carbocycles. The van der Waals surface area contributed by atoms with Gasteiger partial charge in [0.15, 0.2) is 0 Å². The molecule has 2 nitrogen and oxygen atoms in total. The topological polar surface area (TPSA) is 32.6 Å². The summed E-state index contributed by atoms with van der Waals surface area (Å²) in [6, 6.07) is 0. The number of hydrogen-bond donors (Lipinski definition) is 1. The smallest absolute Gasteiger partial charge is 0.217 e. The summed E-state index contributed by atoms with van der Waals surface area (Å²) in [5.41, 5.74) is 0. The first-order chi connectivity index (χ1) is 3.98. The average Bonchev–Trinajstić information content (AvgIpc) is 1.64. The van der Waals surface area contributed by atoms with Crippen molar-refractivity contribution in [2.45, 2.75) is 9.90 Å². The van der Waals surface area contributed by atoms with Crippen LogP contribution in [0.3, 0.4) is 0 Å². The number of halogens is 3. The fourth-order valence-corrected chi connectivity index (χ4v) is 0.433. The van der Waals surface area contributed by atoms with Crippen LogP contribution in [-0.2, 0) is 0 Å². The summed E-state index contributed by atoms with van der Waals surface area (Å²) in [7, 11) is 0. The molecule has 0 rings (SSSR count). The Balaban J connectivity index is 3.72. The van der Waals surface area contributed by atoms with Crippen molar-refractivity contribution in [2.75, 3.05) is 6.54 Å². The van der Waals surface area contributed by atoms with Crippen molar-refractivity contribution < 1.29 is 5.11 Å². The lowest BCUT2D eigenvalue weighted by atomic mass is 10.4. The van der Waals surface area contributed by atoms with Gasteiger partial charge in [0, 0.05) is 0 Å². The van der Waals surface area contributed by atoms with Gasteiger partial charge in [0.2, 0.25) is 3.79 Å². The third-order valence-electron chi connectivity index (χ3n) is 0.680. The molecule has 0 bridgehead atoms. The highest BCUT2D eigenvalue weighted by Crippen LogP contribution is 2.30. The van der Waals surface area contributed by atoms with Crippen LogP contribution in [0.4, 0.5) is 0 Å². The molecule has 0 saturated carbocycles. The SMILES string of the molecule is C=NCC(O)C(Cl)(Cl)Cl. The highest BCUT2D eigenvalue weighted by molar-refractivity contribution is 6.68. The number of alkyl halides is 3. The maximum Gasteiger partial charge on any atom is 0.217 e. The van der Waals surface area contributed by atoms with Gasteiger partial charge in [0.25, 0.3) is 0 Å². The zero-order valence-corrected chi connectivity index (χ0v) is 6.79. The van der Waals surface area contributed by atoms with Gasteiger partial charge in [-0.05, 0) is 6.72 Å². The van der Waals surface area contributed by atoms with Gasteiger partial charge in [-0.15, -0.1) is 0 Å². The van der Waals surface area contributed by atoms with Crippen molar-refractivity contribution in [2.24, 2.45) is 4.99 Å². The van der Waals surface area contributed by atoms with Crippen molar-refractivity contribution in [3.63, 3.8) is 0 Å². The van der Waals surface area contributed by atoms with Crippen LogP contribution < -0.4 is 0 Å². The fourth-order valence-electron chi connectivity index (χ4n) is 0.226. The van der Waals surface area contributed by atoms with E-state index in [0.717, 1.165) is 0 Å². The summed E-state index contributed by atoms with van der Waals surface area (Å²) in [5.74, 6) is 0. The largest absolute Gasteiger partial charge is 0.387 e. The summed E-state index contributed by atoms with van der Waals surface area (Å²) in [4.78, 5) is 3.35. The van der Waals surface area contributed by atoms with E-state index in [2.05, 4.69) is 11.7 Å². The molecule has 0 aromatic heterocycles. The molecule has 0 aromatic rings. The Labute approximate surface area is 68.4 Å². The molecule has 0 amide bonds. The van der Waals surface area contributed by atoms with Gasteiger partial charge in [-0.2, -0.15) is 0 Å². The van der Waals surface area contributed by atoms with Crippen LogP contribution >= 0.6 is 34.8 Å². The lowest BCUT2D eigenvalue weighted by molar-refractivity contribution is 0.188. The molecule has 1 unspecified atom stereocenters. The van der Waals surface area contributed by atoms with Gasteiger partial charge in [-0.25, -0.2) is 0 Å². The van der Waals surface area contributed by atoms with Crippen molar-refractivity contribution >= 4 is 41.5 Å². The molecule has 1 N–H and O–H groups in total. The molecule has 5 heteroatoms. The molecule has 0 heterocycles. The van der Waals surface area contributed by atoms with Crippen LogP contribution in [0.25, 0.3) is 0 Å². The zero-order chi connectivity index (χ0) is 7.49. The van der Waals surface area contributed by atoms with Gasteiger partial charge in [-0.1, -0.05) is 34.8 Å². The quantitative estimate of drug-likeness (QED) is 0.518. The molecule has 0 saturated heterocycles. The van der Waals surface area contributed by atoms with E-state index in [-0.39, 0.29) is 6.54 Å². The van der Waals surface area contributed by atoms with Gasteiger partial charge >= 0.3 is 0 Å². The summed E-state index contributed by atoms with van der Waals surface area (Å²) < 4.78 is -1.65. The first kappa shape index (κ1) is 9.50. The predicted molar refractivity (Wildman–Crippen MR) is 40.7 cm³/mol. The summed E-state index contributed by atoms with van der Waals surface area (Å²) in [6.07, 6.45) is -1.07. The second-order valence-electron chi connectivity index (χ2n) is 1.46. The normalized spacial score (nSPS) is 15.1. The average molecular weight is 190 g/mol. The van der Waals surface area contributed by atoms with E-state index < -0.39 is 9.90 Å². The van der Waals surface area contributed by atoms with Gasteiger partial charge in [0.1, 0.15) is 6.10 Å². The third kappa shape index (κ3) is 3.98. The second kappa shape index (κ2) is 3.62. The van der Waals surface area contributed by atoms with E-state index in [1.165, 1.54) is 0 Å². The monoisotopic (exact) mass is 189 g/mol. The minimum atomic E-state index is -1.65. The Kier molecular flexibility index (Phi) is 3.82. The lowest BCUT2D eigenvalue weighted by Gasteiger charge is -2.15. The van der Waals surface area contributed by atoms with Gasteiger partial charge < -0.3 is 5.11 Å². The van der Waals surface area contributed by atoms with E-state index in [1.807, 2.05) is 0 Å². The van der Waals surface area contributed by atoms with Gasteiger partial charge in [-0.3, -0.25) is 4.99 Å². The summed E-state index contributed by atoms with van der Waals surface area (Å²) in [5, 5.41) is 8.86. The Morgan fingerprint density at radius 1 is 1.56 bits per heavy atom. The minimum Gasteiger partial charge on any atom is -0.387 e. The van der Waals surface area contributed by atoms with Crippen molar-refractivity contribution in [3.05, 3.63) is 0 Å². The molecule has 0 spiro atoms. The Hall–Kier alpha value is 0.500. The highest BCUT2D eigenvalue weighted by atomic mass is 35.6. The van der Waals surface area contributed by atoms with E-state index in [0.29, 0.717) is 0 Å². The standard InChI is InChI=1S/C4H6Cl3NO/c1-8-2-3(9)4(5,6)7/h3,9H,1-2H2. The Morgan fingerprint density at radius 2 is 2.00 bits per heavy atom. The Bertz CT molecular complexity index is 100. The van der Waals surface area contributed by atoms with Gasteiger partial charge in [0.05, 0.1) is 6.54 Å². The molecule has 0 aliphatic carbocycles. The summed E-state index contributed by atoms with van der Waals surface area (Å²) in [6.45, 7) is 3.17. The molecule has 0 radical (unpaired) electrons. The van der Waals surface area contributed by atoms with Crippen molar-refractivity contribution in [1.82, 2.24) is 0 Å². The van der Waals surface area contributed by atoms with Crippen LogP contribution in [0.5, 0.6) is 0 Å². The second-order valence-corrected chi connectivity index (χ2v) is 3.83. The predicted octanol–water partition coefficient (Wildman–Crippen LogP) is 1.42. The molecule has 9 heavy (non-hydrogen) atoms. The van der Waals surface area contributed by atoms with Crippen LogP contribution in [0, 0.1) is 0 Å². The van der Waals surface area contributed by atoms with Crippen LogP contribution in [0.1, 0.15) is 0 Å². The van der Waals surface area contributed by atoms with E-state index in [1.54, 1.807) is 0 Å². The molecule has 1 atom stereocenters. The molecule has 0 fully saturated rings. The first-order valence-corrected chi connectivity index (χ1v) is 3.29. The number of aliphatic imine (C=N–C) groups is 1. The van der Waals surface area contributed by atoms with Crippen LogP contribution in [0.15, 0.2) is 4.99 Å². The van der Waals surface area contributed by atoms with E-state index >= 15 is 0 Å². The van der Waals surface area contributed by atoms with Crippen molar-refractivity contribution in [1.29, 1.82) is 0 Å². The van der Waals surface area contributed by atoms with E-state index in [9.17, 15) is 0 Å². The maximum absolute atomic E-state index is 8.86. The number of hydrogen-bond acceptors (Lipinski definition) is 2.